The third kappa shape index (κ3) is 2.77. The molecule has 1 N–H and O–H groups in total. The lowest BCUT2D eigenvalue weighted by atomic mass is 10.1. The summed E-state index contributed by atoms with van der Waals surface area (Å²) in [5, 5.41) is 16.7. The van der Waals surface area contributed by atoms with Crippen molar-refractivity contribution >= 4 is 34.1 Å². The molecule has 20 heavy (non-hydrogen) atoms. The van der Waals surface area contributed by atoms with E-state index in [1.807, 2.05) is 0 Å². The molecule has 0 bridgehead atoms. The van der Waals surface area contributed by atoms with E-state index in [0.29, 0.717) is 17.4 Å². The highest BCUT2D eigenvalue weighted by Gasteiger charge is 2.39. The van der Waals surface area contributed by atoms with Gasteiger partial charge in [-0.1, -0.05) is 0 Å². The zero-order chi connectivity index (χ0) is 15.5. The summed E-state index contributed by atoms with van der Waals surface area (Å²) in [4.78, 5) is 15.5. The maximum atomic E-state index is 12.9. The zero-order valence-corrected chi connectivity index (χ0v) is 10.1. The number of thiophene rings is 1. The Kier molecular flexibility index (Phi) is 4.14. The fourth-order valence-electron chi connectivity index (χ4n) is 1.26. The van der Waals surface area contributed by atoms with Gasteiger partial charge in [-0.2, -0.15) is 29.8 Å². The van der Waals surface area contributed by atoms with Gasteiger partial charge in [0.2, 0.25) is 10.7 Å². The molecule has 9 heteroatoms. The summed E-state index contributed by atoms with van der Waals surface area (Å²) >= 11 is 0.320. The fraction of sp³-hybridized carbons (Fsp3) is 0.0909. The van der Waals surface area contributed by atoms with Crippen LogP contribution in [0, 0.1) is 24.5 Å². The number of hydrogen-bond donors (Lipinski definition) is 1. The summed E-state index contributed by atoms with van der Waals surface area (Å²) in [6.07, 6.45) is -4.41. The lowest BCUT2D eigenvalue weighted by molar-refractivity contribution is -0.137. The number of rotatable bonds is 2. The largest absolute Gasteiger partial charge is 0.477 e. The van der Waals surface area contributed by atoms with Gasteiger partial charge >= 0.3 is 12.1 Å². The summed E-state index contributed by atoms with van der Waals surface area (Å²) in [7, 11) is 0. The Morgan fingerprint density at radius 1 is 1.40 bits per heavy atom. The Morgan fingerprint density at radius 2 is 2.00 bits per heavy atom. The van der Waals surface area contributed by atoms with Gasteiger partial charge in [0, 0.05) is 4.88 Å². The van der Waals surface area contributed by atoms with E-state index < -0.39 is 38.8 Å². The normalized spacial score (nSPS) is 11.3. The maximum Gasteiger partial charge on any atom is 0.407 e. The van der Waals surface area contributed by atoms with E-state index in [2.05, 4.69) is 9.69 Å². The molecule has 0 spiro atoms. The van der Waals surface area contributed by atoms with Crippen LogP contribution in [0.3, 0.4) is 0 Å². The smallest absolute Gasteiger partial charge is 0.407 e. The van der Waals surface area contributed by atoms with Crippen LogP contribution in [0.5, 0.6) is 0 Å². The summed E-state index contributed by atoms with van der Waals surface area (Å²) in [5.74, 6) is -1.69. The highest BCUT2D eigenvalue weighted by atomic mass is 32.1. The predicted octanol–water partition coefficient (Wildman–Crippen LogP) is 3.86. The van der Waals surface area contributed by atoms with E-state index in [4.69, 9.17) is 23.5 Å². The van der Waals surface area contributed by atoms with Gasteiger partial charge in [0.1, 0.15) is 11.6 Å². The van der Waals surface area contributed by atoms with Crippen LogP contribution < -0.4 is 0 Å². The minimum atomic E-state index is -4.93. The van der Waals surface area contributed by atoms with Crippen molar-refractivity contribution in [1.29, 1.82) is 5.26 Å². The maximum absolute atomic E-state index is 12.9. The first-order valence-electron chi connectivity index (χ1n) is 4.60. The predicted molar refractivity (Wildman–Crippen MR) is 63.1 cm³/mol. The third-order valence-electron chi connectivity index (χ3n) is 2.02. The molecule has 0 unspecified atom stereocenters. The van der Waals surface area contributed by atoms with E-state index in [1.165, 1.54) is 6.07 Å². The van der Waals surface area contributed by atoms with Gasteiger partial charge in [0.05, 0.1) is 18.7 Å². The molecule has 0 saturated carbocycles. The number of carbonyl (C=O) groups is 1. The van der Waals surface area contributed by atoms with Crippen molar-refractivity contribution in [3.05, 3.63) is 38.8 Å². The molecule has 0 radical (unpaired) electrons. The van der Waals surface area contributed by atoms with Crippen LogP contribution >= 0.6 is 11.3 Å². The van der Waals surface area contributed by atoms with Crippen LogP contribution in [0.15, 0.2) is 5.57 Å². The van der Waals surface area contributed by atoms with Crippen molar-refractivity contribution in [2.24, 2.45) is 0 Å². The average molecular weight is 297 g/mol. The van der Waals surface area contributed by atoms with Crippen molar-refractivity contribution in [3.8, 4) is 6.07 Å². The van der Waals surface area contributed by atoms with Gasteiger partial charge < -0.3 is 5.11 Å². The van der Waals surface area contributed by atoms with Crippen LogP contribution in [0.1, 0.15) is 10.4 Å². The first-order valence-corrected chi connectivity index (χ1v) is 5.41. The summed E-state index contributed by atoms with van der Waals surface area (Å²) in [5.41, 5.74) is -3.19. The van der Waals surface area contributed by atoms with Crippen molar-refractivity contribution in [3.63, 3.8) is 0 Å². The number of hydrogen-bond acceptors (Lipinski definition) is 3. The molecule has 0 aromatic carbocycles. The van der Waals surface area contributed by atoms with Crippen LogP contribution in [0.25, 0.3) is 15.8 Å². The molecule has 1 aromatic rings. The second-order valence-electron chi connectivity index (χ2n) is 3.19. The quantitative estimate of drug-likeness (QED) is 0.512. The highest BCUT2D eigenvalue weighted by molar-refractivity contribution is 7.18. The number of alkyl halides is 3. The van der Waals surface area contributed by atoms with Gasteiger partial charge in [-0.15, -0.1) is 0 Å². The van der Waals surface area contributed by atoms with Crippen molar-refractivity contribution in [2.75, 3.05) is 0 Å². The van der Waals surface area contributed by atoms with Crippen molar-refractivity contribution < 1.29 is 23.1 Å². The minimum absolute atomic E-state index is 0.320. The second-order valence-corrected chi connectivity index (χ2v) is 4.22. The highest BCUT2D eigenvalue weighted by Crippen LogP contribution is 2.50. The summed E-state index contributed by atoms with van der Waals surface area (Å²) < 4.78 is 38.7. The Labute approximate surface area is 114 Å². The van der Waals surface area contributed by atoms with E-state index in [0.717, 1.165) is 0 Å². The SMILES string of the molecule is [C-]#[N+]c1sc(/C=C(\C#N)C(=O)O)c(C(F)(F)F)c1[N+]#[C-]. The number of nitriles is 1. The third-order valence-corrected chi connectivity index (χ3v) is 3.04. The number of aliphatic carboxylic acids is 1. The first kappa shape index (κ1) is 15.2. The Bertz CT molecular complexity index is 726. The fourth-order valence-corrected chi connectivity index (χ4v) is 2.24. The molecule has 0 fully saturated rings. The summed E-state index contributed by atoms with van der Waals surface area (Å²) in [6, 6.07) is 1.24. The van der Waals surface area contributed by atoms with Crippen LogP contribution in [0.4, 0.5) is 23.9 Å². The molecular weight excluding hydrogens is 295 g/mol. The first-order chi connectivity index (χ1) is 9.26. The van der Waals surface area contributed by atoms with Crippen LogP contribution in [-0.4, -0.2) is 11.1 Å². The number of halogens is 3. The van der Waals surface area contributed by atoms with Gasteiger partial charge in [-0.05, 0) is 6.08 Å². The molecule has 1 aromatic heterocycles. The van der Waals surface area contributed by atoms with Crippen LogP contribution in [0.2, 0.25) is 0 Å². The topological polar surface area (TPSA) is 69.8 Å². The standard InChI is InChI=1S/C11H2F3N3O2S/c1-16-8-7(11(12,13)14)6(20-9(8)17-2)3-5(4-15)10(18)19/h3H,(H,18,19)/b5-3+. The van der Waals surface area contributed by atoms with E-state index in [1.54, 1.807) is 0 Å². The molecule has 1 heterocycles. The van der Waals surface area contributed by atoms with E-state index in [9.17, 15) is 18.0 Å². The lowest BCUT2D eigenvalue weighted by Crippen LogP contribution is -2.06. The molecule has 0 aliphatic carbocycles. The zero-order valence-electron chi connectivity index (χ0n) is 9.32. The number of carboxylic acid groups (broad SMARTS) is 1. The molecule has 0 aliphatic heterocycles. The van der Waals surface area contributed by atoms with Gasteiger partial charge in [-0.25, -0.2) is 14.5 Å². The number of nitrogens with zero attached hydrogens (tertiary/aromatic N) is 3. The molecule has 1 rings (SSSR count). The monoisotopic (exact) mass is 297 g/mol. The lowest BCUT2D eigenvalue weighted by Gasteiger charge is -2.07. The molecule has 0 amide bonds. The van der Waals surface area contributed by atoms with Gasteiger partial charge in [0.15, 0.2) is 0 Å². The molecule has 0 aliphatic rings. The van der Waals surface area contributed by atoms with Gasteiger partial charge in [-0.3, -0.25) is 0 Å². The Morgan fingerprint density at radius 3 is 2.35 bits per heavy atom. The number of carboxylic acids is 1. The summed E-state index contributed by atoms with van der Waals surface area (Å²) in [6.45, 7) is 13.5. The van der Waals surface area contributed by atoms with E-state index >= 15 is 0 Å². The van der Waals surface area contributed by atoms with Crippen LogP contribution in [-0.2, 0) is 11.0 Å². The van der Waals surface area contributed by atoms with E-state index in [-0.39, 0.29) is 0 Å². The Hall–Kier alpha value is -2.83. The molecule has 0 atom stereocenters. The van der Waals surface area contributed by atoms with Gasteiger partial charge in [0.25, 0.3) is 0 Å². The van der Waals surface area contributed by atoms with Crippen molar-refractivity contribution in [2.45, 2.75) is 6.18 Å². The average Bonchev–Trinajstić information content (AvgIpc) is 2.72. The molecule has 0 saturated heterocycles. The molecule has 5 nitrogen and oxygen atoms in total. The minimum Gasteiger partial charge on any atom is -0.477 e. The molecular formula is C11H2F3N3O2S. The van der Waals surface area contributed by atoms with Crippen molar-refractivity contribution in [1.82, 2.24) is 0 Å². The Balaban J connectivity index is 3.71. The molecule has 100 valence electrons. The second kappa shape index (κ2) is 5.43.